The molecule has 0 bridgehead atoms. The molecule has 0 radical (unpaired) electrons. The Morgan fingerprint density at radius 1 is 0.172 bits per heavy atom. The number of para-hydroxylation sites is 8. The molecule has 4 aromatic heterocycles. The van der Waals surface area contributed by atoms with Gasteiger partial charge in [-0.15, -0.1) is 0 Å². The zero-order valence-electron chi connectivity index (χ0n) is 69.0. The van der Waals surface area contributed by atoms with Crippen LogP contribution in [-0.2, 0) is 10.8 Å². The summed E-state index contributed by atoms with van der Waals surface area (Å²) in [5, 5.41) is 4.84. The maximum atomic E-state index is 5.10. The highest BCUT2D eigenvalue weighted by molar-refractivity contribution is 7.99. The predicted octanol–water partition coefficient (Wildman–Crippen LogP) is 29.2. The van der Waals surface area contributed by atoms with E-state index in [4.69, 9.17) is 29.9 Å². The second-order valence-electron chi connectivity index (χ2n) is 32.7. The van der Waals surface area contributed by atoms with E-state index in [2.05, 4.69) is 347 Å². The highest BCUT2D eigenvalue weighted by Gasteiger charge is 2.53. The topological polar surface area (TPSA) is 93.7 Å². The second kappa shape index (κ2) is 30.4. The van der Waals surface area contributed by atoms with Crippen molar-refractivity contribution in [3.8, 4) is 79.7 Å². The van der Waals surface area contributed by atoms with Gasteiger partial charge in [-0.1, -0.05) is 339 Å². The third-order valence-corrected chi connectivity index (χ3v) is 28.0. The first kappa shape index (κ1) is 74.5. The van der Waals surface area contributed by atoms with Gasteiger partial charge in [-0.3, -0.25) is 0 Å². The van der Waals surface area contributed by atoms with E-state index in [0.717, 1.165) is 78.2 Å². The normalized spacial score (nSPS) is 13.3. The van der Waals surface area contributed by atoms with Crippen molar-refractivity contribution in [2.24, 2.45) is 0 Å². The highest BCUT2D eigenvalue weighted by atomic mass is 32.2. The number of hydrogen-bond acceptors (Lipinski definition) is 10. The first-order valence-electron chi connectivity index (χ1n) is 43.2. The van der Waals surface area contributed by atoms with Crippen LogP contribution in [0.3, 0.4) is 0 Å². The Kier molecular flexibility index (Phi) is 17.7. The van der Waals surface area contributed by atoms with Crippen molar-refractivity contribution >= 4 is 101 Å². The molecule has 0 fully saturated rings. The zero-order valence-corrected chi connectivity index (χ0v) is 70.6. The number of rotatable bonds is 10. The molecule has 4 aliphatic rings. The van der Waals surface area contributed by atoms with Crippen molar-refractivity contribution in [2.45, 2.75) is 30.4 Å². The van der Waals surface area contributed by atoms with Crippen LogP contribution in [0.25, 0.3) is 123 Å². The van der Waals surface area contributed by atoms with Crippen LogP contribution in [0.1, 0.15) is 44.5 Å². The standard InChI is InChI=1S/2C58H37N5S/c1-4-19-38(20-5-1)55-59-56(39-21-6-2-7-22-39)61-57(60-55)40-23-18-26-42(35-40)63-49-31-14-10-27-43(49)44-36-48-54(37-52(44)63)64-53-34-17-13-30-47(53)58(48)45-28-11-15-32-50(45)62(41-24-8-3-9-25-41)51-33-16-12-29-46(51)58;1-4-18-38(19-5-1)55-59-56(39-20-6-2-7-21-39)61-57(60-55)40-32-34-42(35-33-40)62-49-28-14-10-24-43(49)44-36-48-54(37-52(44)62)64-53-31-17-13-27-47(53)58(48)45-25-11-15-29-50(45)63(41-22-8-3-9-23-41)51-30-16-12-26-46(51)58/h2*1-37H. The van der Waals surface area contributed by atoms with E-state index in [0.29, 0.717) is 34.9 Å². The molecule has 0 saturated heterocycles. The number of benzene rings is 18. The molecule has 2 spiro atoms. The van der Waals surface area contributed by atoms with Gasteiger partial charge < -0.3 is 18.9 Å². The maximum Gasteiger partial charge on any atom is 0.164 e. The molecule has 0 saturated carbocycles. The van der Waals surface area contributed by atoms with Gasteiger partial charge in [0.2, 0.25) is 0 Å². The quantitative estimate of drug-likeness (QED) is 0.132. The second-order valence-corrected chi connectivity index (χ2v) is 34.9. The number of anilines is 6. The monoisotopic (exact) mass is 1670 g/mol. The van der Waals surface area contributed by atoms with Crippen LogP contribution < -0.4 is 9.80 Å². The van der Waals surface area contributed by atoms with Gasteiger partial charge in [-0.2, -0.15) is 0 Å². The SMILES string of the molecule is c1ccc(-c2nc(-c3ccccc3)nc(-c3ccc(-n4c5ccccc5c5cc6c(cc54)Sc4ccccc4C64c5ccccc5N(c5ccccc5)c5ccccc54)cc3)n2)cc1.c1ccc(-c2nc(-c3ccccc3)nc(-c3cccc(-n4c5ccccc5c5cc6c(cc54)Sc4ccccc4C64c5ccccc5N(c5ccccc5)c5ccccc54)c3)n2)cc1. The van der Waals surface area contributed by atoms with Crippen LogP contribution in [0.2, 0.25) is 0 Å². The van der Waals surface area contributed by atoms with Crippen LogP contribution >= 0.6 is 23.5 Å². The summed E-state index contributed by atoms with van der Waals surface area (Å²) in [6.07, 6.45) is 0. The third-order valence-electron chi connectivity index (χ3n) is 25.7. The van der Waals surface area contributed by atoms with Crippen LogP contribution in [0, 0.1) is 0 Å². The van der Waals surface area contributed by atoms with Crippen molar-refractivity contribution in [3.05, 3.63) is 493 Å². The van der Waals surface area contributed by atoms with E-state index in [1.54, 1.807) is 0 Å². The van der Waals surface area contributed by atoms with Gasteiger partial charge in [-0.05, 0) is 178 Å². The lowest BCUT2D eigenvalue weighted by Crippen LogP contribution is -2.39. The zero-order chi connectivity index (χ0) is 84.4. The Bertz CT molecular complexity index is 7940. The van der Waals surface area contributed by atoms with Gasteiger partial charge in [0.1, 0.15) is 0 Å². The van der Waals surface area contributed by atoms with Gasteiger partial charge in [0.25, 0.3) is 0 Å². The smallest absolute Gasteiger partial charge is 0.164 e. The summed E-state index contributed by atoms with van der Waals surface area (Å²) in [6, 6.07) is 161. The van der Waals surface area contributed by atoms with Crippen LogP contribution in [0.4, 0.5) is 34.1 Å². The molecule has 26 rings (SSSR count). The van der Waals surface area contributed by atoms with E-state index < -0.39 is 10.8 Å². The molecule has 12 heteroatoms. The Morgan fingerprint density at radius 2 is 0.453 bits per heavy atom. The molecule has 8 heterocycles. The van der Waals surface area contributed by atoms with Crippen molar-refractivity contribution in [1.82, 2.24) is 39.0 Å². The summed E-state index contributed by atoms with van der Waals surface area (Å²) >= 11 is 3.74. The van der Waals surface area contributed by atoms with Crippen LogP contribution in [0.15, 0.2) is 468 Å². The first-order valence-corrected chi connectivity index (χ1v) is 44.9. The van der Waals surface area contributed by atoms with Crippen LogP contribution in [0.5, 0.6) is 0 Å². The molecule has 128 heavy (non-hydrogen) atoms. The van der Waals surface area contributed by atoms with Crippen molar-refractivity contribution in [1.29, 1.82) is 0 Å². The van der Waals surface area contributed by atoms with Crippen molar-refractivity contribution < 1.29 is 0 Å². The lowest BCUT2D eigenvalue weighted by molar-refractivity contribution is 0.693. The fraction of sp³-hybridized carbons (Fsp3) is 0.0172. The molecule has 0 amide bonds. The van der Waals surface area contributed by atoms with E-state index in [-0.39, 0.29) is 0 Å². The summed E-state index contributed by atoms with van der Waals surface area (Å²) in [5.74, 6) is 3.84. The minimum Gasteiger partial charge on any atom is -0.310 e. The molecule has 0 unspecified atom stereocenters. The molecule has 22 aromatic rings. The Morgan fingerprint density at radius 3 is 0.828 bits per heavy atom. The minimum absolute atomic E-state index is 0.573. The molecule has 0 aliphatic carbocycles. The summed E-state index contributed by atoms with van der Waals surface area (Å²) in [7, 11) is 0. The number of fused-ring (bicyclic) bond motifs is 22. The molecule has 600 valence electrons. The van der Waals surface area contributed by atoms with Crippen molar-refractivity contribution in [2.75, 3.05) is 9.80 Å². The number of hydrogen-bond donors (Lipinski definition) is 0. The molecule has 0 N–H and O–H groups in total. The summed E-state index contributed by atoms with van der Waals surface area (Å²) in [4.78, 5) is 40.0. The number of nitrogens with zero attached hydrogens (tertiary/aromatic N) is 10. The van der Waals surface area contributed by atoms with E-state index >= 15 is 0 Å². The summed E-state index contributed by atoms with van der Waals surface area (Å²) < 4.78 is 4.83. The molecular formula is C116H74N10S2. The van der Waals surface area contributed by atoms with Crippen molar-refractivity contribution in [3.63, 3.8) is 0 Å². The molecule has 18 aromatic carbocycles. The molecular weight excluding hydrogens is 1600 g/mol. The fourth-order valence-electron chi connectivity index (χ4n) is 20.3. The highest BCUT2D eigenvalue weighted by Crippen LogP contribution is 2.66. The Hall–Kier alpha value is -16.1. The van der Waals surface area contributed by atoms with E-state index in [9.17, 15) is 0 Å². The maximum absolute atomic E-state index is 5.10. The molecule has 0 atom stereocenters. The lowest BCUT2D eigenvalue weighted by Gasteiger charge is -2.49. The molecule has 4 aliphatic heterocycles. The average molecular weight is 1670 g/mol. The van der Waals surface area contributed by atoms with Gasteiger partial charge in [0, 0.05) is 97.3 Å². The number of aromatic nitrogens is 8. The average Bonchev–Trinajstić information content (AvgIpc) is 1.27. The molecule has 10 nitrogen and oxygen atoms in total. The Balaban J connectivity index is 0.000000139. The van der Waals surface area contributed by atoms with Gasteiger partial charge >= 0.3 is 0 Å². The largest absolute Gasteiger partial charge is 0.310 e. The lowest BCUT2D eigenvalue weighted by atomic mass is 9.62. The first-order chi connectivity index (χ1) is 63.5. The Labute approximate surface area is 748 Å². The van der Waals surface area contributed by atoms with Gasteiger partial charge in [0.15, 0.2) is 34.9 Å². The summed E-state index contributed by atoms with van der Waals surface area (Å²) in [6.45, 7) is 0. The predicted molar refractivity (Wildman–Crippen MR) is 522 cm³/mol. The van der Waals surface area contributed by atoms with Gasteiger partial charge in [-0.25, -0.2) is 29.9 Å². The minimum atomic E-state index is -0.585. The van der Waals surface area contributed by atoms with Gasteiger partial charge in [0.05, 0.1) is 55.6 Å². The van der Waals surface area contributed by atoms with E-state index in [1.807, 2.05) is 145 Å². The fourth-order valence-corrected chi connectivity index (χ4v) is 22.8. The third kappa shape index (κ3) is 11.8. The summed E-state index contributed by atoms with van der Waals surface area (Å²) in [5.41, 5.74) is 28.5. The van der Waals surface area contributed by atoms with E-state index in [1.165, 1.54) is 108 Å². The van der Waals surface area contributed by atoms with Crippen LogP contribution in [-0.4, -0.2) is 39.0 Å².